The minimum absolute atomic E-state index is 0.106. The molecule has 168 valence electrons. The second-order valence-corrected chi connectivity index (χ2v) is 8.97. The molecule has 2 aliphatic heterocycles. The molecule has 5 rings (SSSR count). The van der Waals surface area contributed by atoms with Gasteiger partial charge >= 0.3 is 0 Å². The fourth-order valence-electron chi connectivity index (χ4n) is 4.86. The van der Waals surface area contributed by atoms with Gasteiger partial charge in [-0.15, -0.1) is 0 Å². The Morgan fingerprint density at radius 1 is 0.939 bits per heavy atom. The van der Waals surface area contributed by atoms with E-state index in [9.17, 15) is 9.59 Å². The molecule has 3 aromatic carbocycles. The summed E-state index contributed by atoms with van der Waals surface area (Å²) in [4.78, 5) is 29.4. The predicted molar refractivity (Wildman–Crippen MR) is 133 cm³/mol. The molecule has 5 nitrogen and oxygen atoms in total. The van der Waals surface area contributed by atoms with E-state index in [0.29, 0.717) is 17.7 Å². The van der Waals surface area contributed by atoms with Crippen LogP contribution < -0.4 is 10.2 Å². The number of benzene rings is 3. The Bertz CT molecular complexity index is 1180. The third kappa shape index (κ3) is 4.55. The number of nitrogens with one attached hydrogen (secondary N) is 1. The highest BCUT2D eigenvalue weighted by Gasteiger charge is 2.22. The number of fused-ring (bicyclic) bond motifs is 1. The van der Waals surface area contributed by atoms with Crippen LogP contribution in [0.4, 0.5) is 11.4 Å². The number of amides is 2. The Kier molecular flexibility index (Phi) is 5.97. The monoisotopic (exact) mass is 439 g/mol. The fraction of sp³-hybridized carbons (Fsp3) is 0.286. The van der Waals surface area contributed by atoms with Gasteiger partial charge in [0.15, 0.2) is 0 Å². The number of hydrogen-bond acceptors (Lipinski definition) is 3. The van der Waals surface area contributed by atoms with Crippen molar-refractivity contribution in [1.29, 1.82) is 0 Å². The van der Waals surface area contributed by atoms with Gasteiger partial charge in [-0.3, -0.25) is 14.5 Å². The van der Waals surface area contributed by atoms with Crippen molar-refractivity contribution in [2.45, 2.75) is 32.2 Å². The number of aryl methyl sites for hydroxylation is 1. The molecule has 33 heavy (non-hydrogen) atoms. The molecule has 0 bridgehead atoms. The number of hydrogen-bond donors (Lipinski definition) is 1. The zero-order valence-electron chi connectivity index (χ0n) is 19.0. The zero-order chi connectivity index (χ0) is 22.8. The first-order valence-electron chi connectivity index (χ1n) is 11.7. The maximum Gasteiger partial charge on any atom is 0.255 e. The van der Waals surface area contributed by atoms with E-state index in [-0.39, 0.29) is 11.8 Å². The van der Waals surface area contributed by atoms with Crippen molar-refractivity contribution in [2.75, 3.05) is 30.4 Å². The quantitative estimate of drug-likeness (QED) is 0.601. The summed E-state index contributed by atoms with van der Waals surface area (Å²) in [7, 11) is 1.79. The lowest BCUT2D eigenvalue weighted by molar-refractivity contribution is -0.118. The minimum atomic E-state index is -0.137. The predicted octanol–water partition coefficient (Wildman–Crippen LogP) is 5.11. The fourth-order valence-corrected chi connectivity index (χ4v) is 4.86. The number of carbonyl (C=O) groups is 2. The minimum Gasteiger partial charge on any atom is -0.322 e. The molecule has 1 fully saturated rings. The maximum atomic E-state index is 13.2. The summed E-state index contributed by atoms with van der Waals surface area (Å²) >= 11 is 0. The molecule has 0 atom stereocenters. The van der Waals surface area contributed by atoms with Crippen LogP contribution in [-0.2, 0) is 17.8 Å². The van der Waals surface area contributed by atoms with Crippen molar-refractivity contribution in [3.8, 4) is 11.1 Å². The number of nitrogens with zero attached hydrogens (tertiary/aromatic N) is 2. The van der Waals surface area contributed by atoms with Crippen LogP contribution >= 0.6 is 0 Å². The summed E-state index contributed by atoms with van der Waals surface area (Å²) < 4.78 is 0. The van der Waals surface area contributed by atoms with Gasteiger partial charge in [0.1, 0.15) is 0 Å². The van der Waals surface area contributed by atoms with Crippen molar-refractivity contribution in [3.63, 3.8) is 0 Å². The molecule has 2 heterocycles. The molecule has 0 radical (unpaired) electrons. The molecule has 1 saturated heterocycles. The van der Waals surface area contributed by atoms with Crippen LogP contribution in [0, 0.1) is 0 Å². The van der Waals surface area contributed by atoms with Gasteiger partial charge in [-0.2, -0.15) is 0 Å². The number of rotatable bonds is 5. The third-order valence-corrected chi connectivity index (χ3v) is 6.73. The molecule has 0 spiro atoms. The van der Waals surface area contributed by atoms with Crippen LogP contribution in [0.5, 0.6) is 0 Å². The molecular formula is C28H29N3O2. The van der Waals surface area contributed by atoms with Crippen molar-refractivity contribution < 1.29 is 9.59 Å². The van der Waals surface area contributed by atoms with E-state index in [2.05, 4.69) is 28.4 Å². The summed E-state index contributed by atoms with van der Waals surface area (Å²) in [5.74, 6) is -0.0314. The topological polar surface area (TPSA) is 52.7 Å². The average molecular weight is 440 g/mol. The first-order valence-corrected chi connectivity index (χ1v) is 11.7. The lowest BCUT2D eigenvalue weighted by Gasteiger charge is -2.26. The molecule has 2 amide bonds. The van der Waals surface area contributed by atoms with Gasteiger partial charge < -0.3 is 10.2 Å². The zero-order valence-corrected chi connectivity index (χ0v) is 19.0. The van der Waals surface area contributed by atoms with Crippen LogP contribution in [0.3, 0.4) is 0 Å². The van der Waals surface area contributed by atoms with Crippen molar-refractivity contribution >= 4 is 23.2 Å². The molecule has 0 saturated carbocycles. The third-order valence-electron chi connectivity index (χ3n) is 6.73. The number of carbonyl (C=O) groups excluding carboxylic acids is 2. The van der Waals surface area contributed by atoms with Crippen molar-refractivity contribution in [2.24, 2.45) is 0 Å². The van der Waals surface area contributed by atoms with E-state index >= 15 is 0 Å². The summed E-state index contributed by atoms with van der Waals surface area (Å²) in [6, 6.07) is 22.2. The molecule has 0 unspecified atom stereocenters. The van der Waals surface area contributed by atoms with E-state index < -0.39 is 0 Å². The van der Waals surface area contributed by atoms with E-state index in [1.807, 2.05) is 48.5 Å². The van der Waals surface area contributed by atoms with Gasteiger partial charge in [0, 0.05) is 37.0 Å². The molecule has 3 aromatic rings. The van der Waals surface area contributed by atoms with Crippen LogP contribution in [0.1, 0.15) is 40.7 Å². The SMILES string of the molecule is CN1C(=O)CCc2ccc(NC(=O)c3ccc(-c4ccccc4)c(CN4CCCC4)c3)cc21. The van der Waals surface area contributed by atoms with Crippen molar-refractivity contribution in [3.05, 3.63) is 83.4 Å². The number of likely N-dealkylation sites (tertiary alicyclic amines) is 1. The second kappa shape index (κ2) is 9.20. The van der Waals surface area contributed by atoms with Gasteiger partial charge in [0.05, 0.1) is 0 Å². The summed E-state index contributed by atoms with van der Waals surface area (Å²) in [5.41, 5.74) is 6.87. The van der Waals surface area contributed by atoms with Gasteiger partial charge in [-0.1, -0.05) is 42.5 Å². The normalized spacial score (nSPS) is 16.0. The summed E-state index contributed by atoms with van der Waals surface area (Å²) in [6.45, 7) is 3.05. The lowest BCUT2D eigenvalue weighted by atomic mass is 9.96. The van der Waals surface area contributed by atoms with E-state index in [0.717, 1.165) is 37.3 Å². The number of anilines is 2. The lowest BCUT2D eigenvalue weighted by Crippen LogP contribution is -2.31. The van der Waals surface area contributed by atoms with E-state index in [1.165, 1.54) is 29.5 Å². The van der Waals surface area contributed by atoms with Crippen LogP contribution in [-0.4, -0.2) is 36.9 Å². The van der Waals surface area contributed by atoms with Crippen molar-refractivity contribution in [1.82, 2.24) is 4.90 Å². The molecule has 0 aliphatic carbocycles. The second-order valence-electron chi connectivity index (χ2n) is 8.97. The van der Waals surface area contributed by atoms with Crippen LogP contribution in [0.2, 0.25) is 0 Å². The Morgan fingerprint density at radius 2 is 1.73 bits per heavy atom. The van der Waals surface area contributed by atoms with Gasteiger partial charge in [-0.25, -0.2) is 0 Å². The maximum absolute atomic E-state index is 13.2. The van der Waals surface area contributed by atoms with Gasteiger partial charge in [0.25, 0.3) is 5.91 Å². The molecule has 0 aromatic heterocycles. The summed E-state index contributed by atoms with van der Waals surface area (Å²) in [6.07, 6.45) is 3.74. The molecule has 5 heteroatoms. The van der Waals surface area contributed by atoms with Gasteiger partial charge in [0.2, 0.25) is 5.91 Å². The summed E-state index contributed by atoms with van der Waals surface area (Å²) in [5, 5.41) is 3.03. The highest BCUT2D eigenvalue weighted by Crippen LogP contribution is 2.31. The highest BCUT2D eigenvalue weighted by molar-refractivity contribution is 6.05. The largest absolute Gasteiger partial charge is 0.322 e. The standard InChI is InChI=1S/C28H29N3O2/c1-30-26-18-24(12-9-21(26)11-14-27(30)32)29-28(33)22-10-13-25(20-7-3-2-4-8-20)23(17-22)19-31-15-5-6-16-31/h2-4,7-10,12-13,17-18H,5-6,11,14-16,19H2,1H3,(H,29,33). The first-order chi connectivity index (χ1) is 16.1. The Balaban J connectivity index is 1.42. The molecule has 1 N–H and O–H groups in total. The van der Waals surface area contributed by atoms with Crippen LogP contribution in [0.15, 0.2) is 66.7 Å². The Morgan fingerprint density at radius 3 is 2.52 bits per heavy atom. The highest BCUT2D eigenvalue weighted by atomic mass is 16.2. The van der Waals surface area contributed by atoms with Gasteiger partial charge in [-0.05, 0) is 78.9 Å². The Hall–Kier alpha value is -3.44. The smallest absolute Gasteiger partial charge is 0.255 e. The first kappa shape index (κ1) is 21.4. The Labute approximate surface area is 195 Å². The molecule has 2 aliphatic rings. The van der Waals surface area contributed by atoms with Crippen LogP contribution in [0.25, 0.3) is 11.1 Å². The molecular weight excluding hydrogens is 410 g/mol. The average Bonchev–Trinajstić information content (AvgIpc) is 3.35. The van der Waals surface area contributed by atoms with E-state index in [1.54, 1.807) is 11.9 Å². The van der Waals surface area contributed by atoms with E-state index in [4.69, 9.17) is 0 Å².